The highest BCUT2D eigenvalue weighted by molar-refractivity contribution is 5.41. The lowest BCUT2D eigenvalue weighted by Crippen LogP contribution is -2.05. The van der Waals surface area contributed by atoms with Gasteiger partial charge in [0.15, 0.2) is 0 Å². The van der Waals surface area contributed by atoms with Crippen molar-refractivity contribution in [1.29, 1.82) is 0 Å². The van der Waals surface area contributed by atoms with Crippen molar-refractivity contribution in [1.82, 2.24) is 9.38 Å². The van der Waals surface area contributed by atoms with E-state index in [1.165, 1.54) is 0 Å². The molecule has 0 amide bonds. The fourth-order valence-corrected chi connectivity index (χ4v) is 1.24. The van der Waals surface area contributed by atoms with Gasteiger partial charge in [0, 0.05) is 12.4 Å². The van der Waals surface area contributed by atoms with Gasteiger partial charge in [0.25, 0.3) is 0 Å². The second-order valence-electron chi connectivity index (χ2n) is 3.22. The van der Waals surface area contributed by atoms with Crippen LogP contribution in [0.25, 0.3) is 5.65 Å². The van der Waals surface area contributed by atoms with Crippen LogP contribution in [-0.2, 0) is 0 Å². The van der Waals surface area contributed by atoms with E-state index in [9.17, 15) is 0 Å². The summed E-state index contributed by atoms with van der Waals surface area (Å²) in [5, 5.41) is 0. The molecule has 0 unspecified atom stereocenters. The molecular formula is C10H12N2O. The Bertz CT molecular complexity index is 406. The van der Waals surface area contributed by atoms with E-state index < -0.39 is 0 Å². The average molecular weight is 176 g/mol. The molecule has 2 aromatic heterocycles. The molecule has 0 aromatic carbocycles. The largest absolute Gasteiger partial charge is 0.489 e. The molecule has 2 heterocycles. The molecule has 0 spiro atoms. The Kier molecular flexibility index (Phi) is 1.93. The maximum atomic E-state index is 5.54. The minimum Gasteiger partial charge on any atom is -0.489 e. The summed E-state index contributed by atoms with van der Waals surface area (Å²) in [5.41, 5.74) is 0.941. The second kappa shape index (κ2) is 3.09. The van der Waals surface area contributed by atoms with Gasteiger partial charge < -0.3 is 9.14 Å². The topological polar surface area (TPSA) is 26.5 Å². The Morgan fingerprint density at radius 3 is 3.00 bits per heavy atom. The molecule has 0 aliphatic carbocycles. The monoisotopic (exact) mass is 176 g/mol. The lowest BCUT2D eigenvalue weighted by molar-refractivity contribution is 0.241. The molecule has 0 bridgehead atoms. The number of fused-ring (bicyclic) bond motifs is 1. The SMILES string of the molecule is CC(C)Oc1ccc2nccn2c1. The third-order valence-corrected chi connectivity index (χ3v) is 1.73. The predicted octanol–water partition coefficient (Wildman–Crippen LogP) is 2.12. The maximum absolute atomic E-state index is 5.54. The first-order valence-corrected chi connectivity index (χ1v) is 4.35. The molecule has 0 saturated carbocycles. The highest BCUT2D eigenvalue weighted by atomic mass is 16.5. The molecule has 13 heavy (non-hydrogen) atoms. The van der Waals surface area contributed by atoms with Crippen molar-refractivity contribution in [2.45, 2.75) is 20.0 Å². The summed E-state index contributed by atoms with van der Waals surface area (Å²) in [7, 11) is 0. The Morgan fingerprint density at radius 2 is 2.23 bits per heavy atom. The molecule has 0 radical (unpaired) electrons. The summed E-state index contributed by atoms with van der Waals surface area (Å²) in [4.78, 5) is 4.15. The summed E-state index contributed by atoms with van der Waals surface area (Å²) in [5.74, 6) is 0.875. The summed E-state index contributed by atoms with van der Waals surface area (Å²) < 4.78 is 7.49. The molecule has 2 rings (SSSR count). The lowest BCUT2D eigenvalue weighted by atomic mass is 10.4. The van der Waals surface area contributed by atoms with Crippen LogP contribution in [0.4, 0.5) is 0 Å². The Balaban J connectivity index is 2.37. The van der Waals surface area contributed by atoms with E-state index >= 15 is 0 Å². The van der Waals surface area contributed by atoms with Crippen LogP contribution in [0.5, 0.6) is 5.75 Å². The standard InChI is InChI=1S/C10H12N2O/c1-8(2)13-9-3-4-10-11-5-6-12(10)7-9/h3-8H,1-2H3. The molecule has 0 N–H and O–H groups in total. The summed E-state index contributed by atoms with van der Waals surface area (Å²) in [6.45, 7) is 4.02. The summed E-state index contributed by atoms with van der Waals surface area (Å²) in [6.07, 6.45) is 5.82. The predicted molar refractivity (Wildman–Crippen MR) is 51.0 cm³/mol. The van der Waals surface area contributed by atoms with Crippen molar-refractivity contribution in [3.63, 3.8) is 0 Å². The minimum atomic E-state index is 0.209. The molecule has 3 nitrogen and oxygen atoms in total. The molecule has 0 aliphatic heterocycles. The van der Waals surface area contributed by atoms with E-state index in [1.54, 1.807) is 6.20 Å². The van der Waals surface area contributed by atoms with Crippen LogP contribution >= 0.6 is 0 Å². The third kappa shape index (κ3) is 1.64. The molecule has 0 aliphatic rings. The van der Waals surface area contributed by atoms with Gasteiger partial charge in [0.05, 0.1) is 12.3 Å². The lowest BCUT2D eigenvalue weighted by Gasteiger charge is -2.09. The van der Waals surface area contributed by atoms with Crippen molar-refractivity contribution < 1.29 is 4.74 Å². The number of pyridine rings is 1. The van der Waals surface area contributed by atoms with Gasteiger partial charge in [-0.1, -0.05) is 0 Å². The Hall–Kier alpha value is -1.51. The van der Waals surface area contributed by atoms with Crippen LogP contribution in [0.15, 0.2) is 30.7 Å². The van der Waals surface area contributed by atoms with E-state index in [-0.39, 0.29) is 6.10 Å². The van der Waals surface area contributed by atoms with Crippen LogP contribution in [0.1, 0.15) is 13.8 Å². The van der Waals surface area contributed by atoms with Crippen LogP contribution in [0.2, 0.25) is 0 Å². The zero-order chi connectivity index (χ0) is 9.26. The van der Waals surface area contributed by atoms with E-state index in [4.69, 9.17) is 4.74 Å². The van der Waals surface area contributed by atoms with E-state index in [1.807, 2.05) is 42.8 Å². The van der Waals surface area contributed by atoms with Crippen molar-refractivity contribution in [2.75, 3.05) is 0 Å². The van der Waals surface area contributed by atoms with Gasteiger partial charge in [-0.2, -0.15) is 0 Å². The van der Waals surface area contributed by atoms with Crippen molar-refractivity contribution in [3.8, 4) is 5.75 Å². The van der Waals surface area contributed by atoms with E-state index in [0.717, 1.165) is 11.4 Å². The quantitative estimate of drug-likeness (QED) is 0.700. The highest BCUT2D eigenvalue weighted by Gasteiger charge is 1.98. The average Bonchev–Trinajstić information content (AvgIpc) is 2.49. The number of nitrogens with zero attached hydrogens (tertiary/aromatic N) is 2. The maximum Gasteiger partial charge on any atom is 0.136 e. The van der Waals surface area contributed by atoms with Crippen LogP contribution in [-0.4, -0.2) is 15.5 Å². The van der Waals surface area contributed by atoms with Crippen LogP contribution in [0.3, 0.4) is 0 Å². The van der Waals surface area contributed by atoms with Gasteiger partial charge in [-0.3, -0.25) is 0 Å². The molecule has 3 heteroatoms. The molecule has 68 valence electrons. The summed E-state index contributed by atoms with van der Waals surface area (Å²) >= 11 is 0. The Labute approximate surface area is 77.0 Å². The smallest absolute Gasteiger partial charge is 0.136 e. The van der Waals surface area contributed by atoms with Crippen molar-refractivity contribution >= 4 is 5.65 Å². The zero-order valence-corrected chi connectivity index (χ0v) is 7.77. The first-order chi connectivity index (χ1) is 6.25. The van der Waals surface area contributed by atoms with E-state index in [2.05, 4.69) is 4.98 Å². The Morgan fingerprint density at radius 1 is 1.38 bits per heavy atom. The highest BCUT2D eigenvalue weighted by Crippen LogP contribution is 2.13. The van der Waals surface area contributed by atoms with Crippen LogP contribution in [0, 0.1) is 0 Å². The van der Waals surface area contributed by atoms with Gasteiger partial charge >= 0.3 is 0 Å². The normalized spacial score (nSPS) is 11.0. The number of hydrogen-bond donors (Lipinski definition) is 0. The minimum absolute atomic E-state index is 0.209. The van der Waals surface area contributed by atoms with Crippen molar-refractivity contribution in [3.05, 3.63) is 30.7 Å². The summed E-state index contributed by atoms with van der Waals surface area (Å²) in [6, 6.07) is 3.88. The first-order valence-electron chi connectivity index (χ1n) is 4.35. The van der Waals surface area contributed by atoms with E-state index in [0.29, 0.717) is 0 Å². The van der Waals surface area contributed by atoms with Gasteiger partial charge in [0.2, 0.25) is 0 Å². The van der Waals surface area contributed by atoms with Gasteiger partial charge in [-0.05, 0) is 26.0 Å². The molecule has 2 aromatic rings. The van der Waals surface area contributed by atoms with Gasteiger partial charge in [-0.15, -0.1) is 0 Å². The van der Waals surface area contributed by atoms with Gasteiger partial charge in [0.1, 0.15) is 11.4 Å². The second-order valence-corrected chi connectivity index (χ2v) is 3.22. The molecule has 0 atom stereocenters. The number of aromatic nitrogens is 2. The number of imidazole rings is 1. The first kappa shape index (κ1) is 8.10. The molecular weight excluding hydrogens is 164 g/mol. The number of ether oxygens (including phenoxy) is 1. The van der Waals surface area contributed by atoms with Crippen LogP contribution < -0.4 is 4.74 Å². The molecule has 0 fully saturated rings. The van der Waals surface area contributed by atoms with Crippen molar-refractivity contribution in [2.24, 2.45) is 0 Å². The van der Waals surface area contributed by atoms with Gasteiger partial charge in [-0.25, -0.2) is 4.98 Å². The fraction of sp³-hybridized carbons (Fsp3) is 0.300. The molecule has 0 saturated heterocycles. The number of hydrogen-bond acceptors (Lipinski definition) is 2. The third-order valence-electron chi connectivity index (χ3n) is 1.73. The fourth-order valence-electron chi connectivity index (χ4n) is 1.24. The zero-order valence-electron chi connectivity index (χ0n) is 7.77. The number of rotatable bonds is 2.